The Morgan fingerprint density at radius 1 is 1.10 bits per heavy atom. The lowest BCUT2D eigenvalue weighted by molar-refractivity contribution is -0.132. The van der Waals surface area contributed by atoms with E-state index in [9.17, 15) is 14.0 Å². The maximum absolute atomic E-state index is 13.0. The van der Waals surface area contributed by atoms with Crippen molar-refractivity contribution in [1.29, 1.82) is 0 Å². The van der Waals surface area contributed by atoms with Crippen LogP contribution in [0.2, 0.25) is 5.02 Å². The summed E-state index contributed by atoms with van der Waals surface area (Å²) < 4.78 is 19.1. The lowest BCUT2D eigenvalue weighted by atomic mass is 10.2. The molecule has 0 bridgehead atoms. The minimum atomic E-state index is -0.727. The number of halogens is 2. The van der Waals surface area contributed by atoms with E-state index in [0.29, 0.717) is 36.8 Å². The third-order valence-corrected chi connectivity index (χ3v) is 5.02. The minimum absolute atomic E-state index is 0.0496. The topological polar surface area (TPSA) is 71.6 Å². The highest BCUT2D eigenvalue weighted by atomic mass is 35.5. The fourth-order valence-corrected chi connectivity index (χ4v) is 3.41. The molecule has 0 saturated carbocycles. The van der Waals surface area contributed by atoms with Crippen LogP contribution in [0.15, 0.2) is 57.7 Å². The Labute approximate surface area is 170 Å². The van der Waals surface area contributed by atoms with Crippen molar-refractivity contribution in [3.63, 3.8) is 0 Å². The van der Waals surface area contributed by atoms with Crippen LogP contribution in [0.3, 0.4) is 0 Å². The van der Waals surface area contributed by atoms with Gasteiger partial charge in [-0.15, -0.1) is 5.10 Å². The average Bonchev–Trinajstić information content (AvgIpc) is 3.09. The second-order valence-corrected chi connectivity index (χ2v) is 7.12. The number of benzene rings is 2. The van der Waals surface area contributed by atoms with Crippen LogP contribution < -0.4 is 10.7 Å². The summed E-state index contributed by atoms with van der Waals surface area (Å²) in [7, 11) is 0. The summed E-state index contributed by atoms with van der Waals surface area (Å²) in [6, 6.07) is 13.0. The predicted octanol–water partition coefficient (Wildman–Crippen LogP) is 2.64. The van der Waals surface area contributed by atoms with Crippen molar-refractivity contribution >= 4 is 23.2 Å². The van der Waals surface area contributed by atoms with E-state index in [1.807, 2.05) is 24.3 Å². The first kappa shape index (κ1) is 19.2. The molecule has 1 amide bonds. The largest absolute Gasteiger partial charge is 0.437 e. The van der Waals surface area contributed by atoms with Crippen LogP contribution in [0, 0.1) is 5.82 Å². The predicted molar refractivity (Wildman–Crippen MR) is 106 cm³/mol. The SMILES string of the molecule is O=C(Cn1nc(-c2ccc(F)cc2)oc1=O)N1CCN(c2cccc(Cl)c2)CC1. The molecule has 9 heteroatoms. The van der Waals surface area contributed by atoms with E-state index in [-0.39, 0.29) is 18.3 Å². The lowest BCUT2D eigenvalue weighted by Gasteiger charge is -2.36. The van der Waals surface area contributed by atoms with E-state index in [0.717, 1.165) is 10.4 Å². The van der Waals surface area contributed by atoms with Crippen molar-refractivity contribution in [2.45, 2.75) is 6.54 Å². The Hall–Kier alpha value is -3.13. The van der Waals surface area contributed by atoms with Gasteiger partial charge in [0.15, 0.2) is 0 Å². The van der Waals surface area contributed by atoms with Gasteiger partial charge in [0.25, 0.3) is 0 Å². The number of carbonyl (C=O) groups excluding carboxylic acids is 1. The molecule has 29 heavy (non-hydrogen) atoms. The van der Waals surface area contributed by atoms with Gasteiger partial charge in [0.2, 0.25) is 11.8 Å². The molecule has 4 rings (SSSR count). The van der Waals surface area contributed by atoms with Gasteiger partial charge in [0.05, 0.1) is 0 Å². The van der Waals surface area contributed by atoms with E-state index in [1.54, 1.807) is 4.90 Å². The van der Waals surface area contributed by atoms with Crippen LogP contribution in [0.5, 0.6) is 0 Å². The molecular formula is C20H18ClFN4O3. The van der Waals surface area contributed by atoms with Crippen LogP contribution in [0.1, 0.15) is 0 Å². The molecule has 0 atom stereocenters. The van der Waals surface area contributed by atoms with Crippen molar-refractivity contribution in [2.24, 2.45) is 0 Å². The maximum atomic E-state index is 13.0. The number of carbonyl (C=O) groups is 1. The summed E-state index contributed by atoms with van der Waals surface area (Å²) >= 11 is 6.04. The fourth-order valence-electron chi connectivity index (χ4n) is 3.23. The number of anilines is 1. The van der Waals surface area contributed by atoms with Crippen LogP contribution >= 0.6 is 11.6 Å². The Morgan fingerprint density at radius 3 is 2.52 bits per heavy atom. The molecule has 0 spiro atoms. The van der Waals surface area contributed by atoms with Gasteiger partial charge in [-0.2, -0.15) is 4.68 Å². The molecule has 1 saturated heterocycles. The molecule has 2 aromatic carbocycles. The molecule has 2 heterocycles. The van der Waals surface area contributed by atoms with Gasteiger partial charge < -0.3 is 14.2 Å². The van der Waals surface area contributed by atoms with Crippen molar-refractivity contribution in [2.75, 3.05) is 31.1 Å². The van der Waals surface area contributed by atoms with E-state index in [4.69, 9.17) is 16.0 Å². The molecule has 0 aliphatic carbocycles. The second-order valence-electron chi connectivity index (χ2n) is 6.69. The van der Waals surface area contributed by atoms with Gasteiger partial charge >= 0.3 is 5.76 Å². The number of aromatic nitrogens is 2. The summed E-state index contributed by atoms with van der Waals surface area (Å²) in [5, 5.41) is 4.73. The van der Waals surface area contributed by atoms with Crippen molar-refractivity contribution in [3.05, 3.63) is 69.9 Å². The molecule has 7 nitrogen and oxygen atoms in total. The van der Waals surface area contributed by atoms with Crippen LogP contribution in [-0.2, 0) is 11.3 Å². The third-order valence-electron chi connectivity index (χ3n) is 4.79. The standard InChI is InChI=1S/C20H18ClFN4O3/c21-15-2-1-3-17(12-15)24-8-10-25(11-9-24)18(27)13-26-20(28)29-19(23-26)14-4-6-16(22)7-5-14/h1-7,12H,8-11,13H2. The monoisotopic (exact) mass is 416 g/mol. The number of piperazine rings is 1. The molecular weight excluding hydrogens is 399 g/mol. The van der Waals surface area contributed by atoms with Crippen LogP contribution in [0.4, 0.5) is 10.1 Å². The molecule has 3 aromatic rings. The number of amides is 1. The fraction of sp³-hybridized carbons (Fsp3) is 0.250. The number of hydrogen-bond donors (Lipinski definition) is 0. The molecule has 150 valence electrons. The number of hydrogen-bond acceptors (Lipinski definition) is 5. The van der Waals surface area contributed by atoms with Gasteiger partial charge in [-0.05, 0) is 42.5 Å². The molecule has 0 radical (unpaired) electrons. The molecule has 0 N–H and O–H groups in total. The smallest absolute Gasteiger partial charge is 0.388 e. The van der Waals surface area contributed by atoms with Crippen LogP contribution in [0.25, 0.3) is 11.5 Å². The van der Waals surface area contributed by atoms with Gasteiger partial charge in [-0.3, -0.25) is 4.79 Å². The normalized spacial score (nSPS) is 14.3. The van der Waals surface area contributed by atoms with Crippen molar-refractivity contribution in [3.8, 4) is 11.5 Å². The maximum Gasteiger partial charge on any atom is 0.437 e. The molecule has 1 aliphatic rings. The number of rotatable bonds is 4. The minimum Gasteiger partial charge on any atom is -0.388 e. The summed E-state index contributed by atoms with van der Waals surface area (Å²) in [5.41, 5.74) is 1.48. The summed E-state index contributed by atoms with van der Waals surface area (Å²) in [4.78, 5) is 28.5. The molecule has 1 aromatic heterocycles. The number of nitrogens with zero attached hydrogens (tertiary/aromatic N) is 4. The first-order chi connectivity index (χ1) is 14.0. The molecule has 1 fully saturated rings. The summed E-state index contributed by atoms with van der Waals surface area (Å²) in [6.45, 7) is 2.19. The quantitative estimate of drug-likeness (QED) is 0.654. The highest BCUT2D eigenvalue weighted by Gasteiger charge is 2.23. The van der Waals surface area contributed by atoms with E-state index < -0.39 is 11.6 Å². The first-order valence-corrected chi connectivity index (χ1v) is 9.49. The zero-order valence-electron chi connectivity index (χ0n) is 15.4. The van der Waals surface area contributed by atoms with Crippen molar-refractivity contribution < 1.29 is 13.6 Å². The third kappa shape index (κ3) is 4.32. The Balaban J connectivity index is 1.39. The Morgan fingerprint density at radius 2 is 1.83 bits per heavy atom. The summed E-state index contributed by atoms with van der Waals surface area (Å²) in [6.07, 6.45) is 0. The highest BCUT2D eigenvalue weighted by molar-refractivity contribution is 6.30. The zero-order valence-corrected chi connectivity index (χ0v) is 16.2. The van der Waals surface area contributed by atoms with Gasteiger partial charge in [-0.1, -0.05) is 17.7 Å². The first-order valence-electron chi connectivity index (χ1n) is 9.12. The second kappa shape index (κ2) is 8.08. The zero-order chi connectivity index (χ0) is 20.4. The van der Waals surface area contributed by atoms with E-state index in [1.165, 1.54) is 24.3 Å². The highest BCUT2D eigenvalue weighted by Crippen LogP contribution is 2.21. The Kier molecular flexibility index (Phi) is 5.35. The van der Waals surface area contributed by atoms with Gasteiger partial charge in [0.1, 0.15) is 12.4 Å². The molecule has 1 aliphatic heterocycles. The average molecular weight is 417 g/mol. The van der Waals surface area contributed by atoms with E-state index >= 15 is 0 Å². The Bertz CT molecular complexity index is 1070. The summed E-state index contributed by atoms with van der Waals surface area (Å²) in [5.74, 6) is -1.29. The van der Waals surface area contributed by atoms with Crippen molar-refractivity contribution in [1.82, 2.24) is 14.7 Å². The van der Waals surface area contributed by atoms with E-state index in [2.05, 4.69) is 10.00 Å². The molecule has 0 unspecified atom stereocenters. The van der Waals surface area contributed by atoms with Gasteiger partial charge in [0, 0.05) is 42.5 Å². The lowest BCUT2D eigenvalue weighted by Crippen LogP contribution is -2.50. The van der Waals surface area contributed by atoms with Crippen LogP contribution in [-0.4, -0.2) is 46.8 Å². The van der Waals surface area contributed by atoms with Gasteiger partial charge in [-0.25, -0.2) is 9.18 Å².